The first-order valence-corrected chi connectivity index (χ1v) is 9.95. The zero-order chi connectivity index (χ0) is 21.0. The van der Waals surface area contributed by atoms with Crippen LogP contribution in [0.3, 0.4) is 0 Å². The van der Waals surface area contributed by atoms with E-state index in [1.165, 1.54) is 34.6 Å². The Morgan fingerprint density at radius 1 is 1.03 bits per heavy atom. The molecule has 12 heteroatoms. The van der Waals surface area contributed by atoms with E-state index in [4.69, 9.17) is 9.47 Å². The molecule has 0 saturated carbocycles. The molecule has 2 aromatic carbocycles. The van der Waals surface area contributed by atoms with Crippen LogP contribution in [0, 0.1) is 20.2 Å². The highest BCUT2D eigenvalue weighted by Crippen LogP contribution is 2.32. The Bertz CT molecular complexity index is 1030. The van der Waals surface area contributed by atoms with Gasteiger partial charge in [-0.2, -0.15) is 4.31 Å². The zero-order valence-corrected chi connectivity index (χ0v) is 15.9. The SMILES string of the molecule is O=[N+]([O-])c1cccc(COc2ccc(S(=O)(=O)N3CCOCC3)cc2[N+](=O)[O-])c1. The molecular formula is C17H17N3O8S. The summed E-state index contributed by atoms with van der Waals surface area (Å²) in [4.78, 5) is 20.8. The van der Waals surface area contributed by atoms with Crippen molar-refractivity contribution >= 4 is 21.4 Å². The van der Waals surface area contributed by atoms with E-state index in [1.54, 1.807) is 6.07 Å². The number of hydrogen-bond acceptors (Lipinski definition) is 8. The molecule has 0 aromatic heterocycles. The highest BCUT2D eigenvalue weighted by Gasteiger charge is 2.29. The summed E-state index contributed by atoms with van der Waals surface area (Å²) in [5.41, 5.74) is -0.198. The first-order chi connectivity index (χ1) is 13.8. The number of nitrogens with zero attached hydrogens (tertiary/aromatic N) is 3. The van der Waals surface area contributed by atoms with E-state index in [0.717, 1.165) is 6.07 Å². The fourth-order valence-corrected chi connectivity index (χ4v) is 4.21. The van der Waals surface area contributed by atoms with Crippen LogP contribution in [0.1, 0.15) is 5.56 Å². The van der Waals surface area contributed by atoms with Crippen LogP contribution in [-0.4, -0.2) is 48.9 Å². The van der Waals surface area contributed by atoms with Crippen molar-refractivity contribution in [2.75, 3.05) is 26.3 Å². The van der Waals surface area contributed by atoms with Gasteiger partial charge < -0.3 is 9.47 Å². The summed E-state index contributed by atoms with van der Waals surface area (Å²) in [6.07, 6.45) is 0. The standard InChI is InChI=1S/C17H17N3O8S/c21-19(22)14-3-1-2-13(10-14)12-28-17-5-4-15(11-16(17)20(23)24)29(25,26)18-6-8-27-9-7-18/h1-5,10-11H,6-9,12H2. The Kier molecular flexibility index (Phi) is 6.06. The van der Waals surface area contributed by atoms with Gasteiger partial charge in [0.25, 0.3) is 5.69 Å². The maximum Gasteiger partial charge on any atom is 0.312 e. The van der Waals surface area contributed by atoms with E-state index in [9.17, 15) is 28.6 Å². The molecule has 0 aliphatic carbocycles. The Morgan fingerprint density at radius 2 is 1.76 bits per heavy atom. The minimum absolute atomic E-state index is 0.132. The minimum Gasteiger partial charge on any atom is -0.482 e. The molecule has 1 heterocycles. The molecule has 1 saturated heterocycles. The van der Waals surface area contributed by atoms with E-state index < -0.39 is 25.6 Å². The molecule has 0 bridgehead atoms. The van der Waals surface area contributed by atoms with Crippen LogP contribution in [0.2, 0.25) is 0 Å². The summed E-state index contributed by atoms with van der Waals surface area (Å²) in [6, 6.07) is 9.07. The number of nitro benzene ring substituents is 2. The van der Waals surface area contributed by atoms with Crippen molar-refractivity contribution in [3.63, 3.8) is 0 Å². The molecule has 0 atom stereocenters. The smallest absolute Gasteiger partial charge is 0.312 e. The Balaban J connectivity index is 1.84. The van der Waals surface area contributed by atoms with Crippen molar-refractivity contribution in [3.8, 4) is 5.75 Å². The Morgan fingerprint density at radius 3 is 2.41 bits per heavy atom. The second-order valence-electron chi connectivity index (χ2n) is 6.12. The van der Waals surface area contributed by atoms with Gasteiger partial charge in [-0.3, -0.25) is 20.2 Å². The predicted octanol–water partition coefficient (Wildman–Crippen LogP) is 2.10. The molecule has 0 spiro atoms. The van der Waals surface area contributed by atoms with Gasteiger partial charge in [-0.25, -0.2) is 8.42 Å². The summed E-state index contributed by atoms with van der Waals surface area (Å²) in [7, 11) is -3.90. The summed E-state index contributed by atoms with van der Waals surface area (Å²) < 4.78 is 37.2. The van der Waals surface area contributed by atoms with Gasteiger partial charge in [0.15, 0.2) is 5.75 Å². The third-order valence-corrected chi connectivity index (χ3v) is 6.15. The maximum absolute atomic E-state index is 12.7. The molecule has 0 unspecified atom stereocenters. The van der Waals surface area contributed by atoms with E-state index in [1.807, 2.05) is 0 Å². The van der Waals surface area contributed by atoms with Gasteiger partial charge in [0.2, 0.25) is 10.0 Å². The number of ether oxygens (including phenoxy) is 2. The lowest BCUT2D eigenvalue weighted by Crippen LogP contribution is -2.40. The van der Waals surface area contributed by atoms with Gasteiger partial charge in [0, 0.05) is 31.3 Å². The number of morpholine rings is 1. The first kappa shape index (κ1) is 20.6. The fraction of sp³-hybridized carbons (Fsp3) is 0.294. The lowest BCUT2D eigenvalue weighted by Gasteiger charge is -2.26. The van der Waals surface area contributed by atoms with Crippen molar-refractivity contribution in [2.45, 2.75) is 11.5 Å². The van der Waals surface area contributed by atoms with Crippen LogP contribution in [0.5, 0.6) is 5.75 Å². The lowest BCUT2D eigenvalue weighted by atomic mass is 10.2. The maximum atomic E-state index is 12.7. The van der Waals surface area contributed by atoms with E-state index >= 15 is 0 Å². The fourth-order valence-electron chi connectivity index (χ4n) is 2.78. The molecule has 1 fully saturated rings. The third kappa shape index (κ3) is 4.67. The molecule has 11 nitrogen and oxygen atoms in total. The second kappa shape index (κ2) is 8.51. The highest BCUT2D eigenvalue weighted by molar-refractivity contribution is 7.89. The number of benzene rings is 2. The molecular weight excluding hydrogens is 406 g/mol. The van der Waals surface area contributed by atoms with Crippen molar-refractivity contribution in [3.05, 3.63) is 68.3 Å². The van der Waals surface area contributed by atoms with Crippen LogP contribution in [0.4, 0.5) is 11.4 Å². The lowest BCUT2D eigenvalue weighted by molar-refractivity contribution is -0.386. The van der Waals surface area contributed by atoms with Gasteiger partial charge in [-0.15, -0.1) is 0 Å². The molecule has 1 aliphatic rings. The van der Waals surface area contributed by atoms with Crippen LogP contribution >= 0.6 is 0 Å². The second-order valence-corrected chi connectivity index (χ2v) is 8.06. The Hall–Kier alpha value is -3.09. The zero-order valence-electron chi connectivity index (χ0n) is 15.1. The normalized spacial score (nSPS) is 15.0. The molecule has 1 aliphatic heterocycles. The summed E-state index contributed by atoms with van der Waals surface area (Å²) >= 11 is 0. The molecule has 29 heavy (non-hydrogen) atoms. The van der Waals surface area contributed by atoms with Gasteiger partial charge in [0.1, 0.15) is 6.61 Å². The molecule has 0 amide bonds. The van der Waals surface area contributed by atoms with Gasteiger partial charge in [-0.05, 0) is 17.7 Å². The van der Waals surface area contributed by atoms with Crippen LogP contribution < -0.4 is 4.74 Å². The summed E-state index contributed by atoms with van der Waals surface area (Å²) in [5.74, 6) is -0.137. The average Bonchev–Trinajstić information content (AvgIpc) is 2.72. The van der Waals surface area contributed by atoms with Crippen LogP contribution in [0.25, 0.3) is 0 Å². The number of hydrogen-bond donors (Lipinski definition) is 0. The van der Waals surface area contributed by atoms with Crippen molar-refractivity contribution in [1.82, 2.24) is 4.31 Å². The summed E-state index contributed by atoms with van der Waals surface area (Å²) in [5, 5.41) is 22.3. The topological polar surface area (TPSA) is 142 Å². The minimum atomic E-state index is -3.90. The van der Waals surface area contributed by atoms with Crippen molar-refractivity contribution in [2.24, 2.45) is 0 Å². The largest absolute Gasteiger partial charge is 0.482 e. The van der Waals surface area contributed by atoms with E-state index in [2.05, 4.69) is 0 Å². The number of sulfonamides is 1. The average molecular weight is 423 g/mol. The van der Waals surface area contributed by atoms with Crippen molar-refractivity contribution in [1.29, 1.82) is 0 Å². The third-order valence-electron chi connectivity index (χ3n) is 4.25. The Labute approximate surface area is 165 Å². The van der Waals surface area contributed by atoms with Crippen molar-refractivity contribution < 1.29 is 27.7 Å². The molecule has 0 radical (unpaired) electrons. The molecule has 2 aromatic rings. The number of nitro groups is 2. The molecule has 154 valence electrons. The van der Waals surface area contributed by atoms with Gasteiger partial charge in [-0.1, -0.05) is 12.1 Å². The van der Waals surface area contributed by atoms with Crippen LogP contribution in [-0.2, 0) is 21.4 Å². The van der Waals surface area contributed by atoms with Gasteiger partial charge >= 0.3 is 5.69 Å². The highest BCUT2D eigenvalue weighted by atomic mass is 32.2. The predicted molar refractivity (Wildman–Crippen MR) is 100 cm³/mol. The number of rotatable bonds is 7. The summed E-state index contributed by atoms with van der Waals surface area (Å²) in [6.45, 7) is 0.692. The molecule has 0 N–H and O–H groups in total. The van der Waals surface area contributed by atoms with Crippen LogP contribution in [0.15, 0.2) is 47.4 Å². The molecule has 3 rings (SSSR count). The quantitative estimate of drug-likeness (QED) is 0.487. The van der Waals surface area contributed by atoms with Gasteiger partial charge in [0.05, 0.1) is 28.0 Å². The number of non-ortho nitro benzene ring substituents is 1. The van der Waals surface area contributed by atoms with E-state index in [-0.39, 0.29) is 49.2 Å². The first-order valence-electron chi connectivity index (χ1n) is 8.51. The van der Waals surface area contributed by atoms with E-state index in [0.29, 0.717) is 5.56 Å². The monoisotopic (exact) mass is 423 g/mol.